The summed E-state index contributed by atoms with van der Waals surface area (Å²) in [5.41, 5.74) is 1.77. The van der Waals surface area contributed by atoms with Crippen molar-refractivity contribution in [3.05, 3.63) is 97.4 Å². The van der Waals surface area contributed by atoms with Gasteiger partial charge >= 0.3 is 0 Å². The molecule has 0 aliphatic carbocycles. The van der Waals surface area contributed by atoms with Crippen LogP contribution in [0.2, 0.25) is 0 Å². The fourth-order valence-corrected chi connectivity index (χ4v) is 3.39. The first-order valence-electron chi connectivity index (χ1n) is 9.08. The van der Waals surface area contributed by atoms with Gasteiger partial charge in [-0.15, -0.1) is 0 Å². The van der Waals surface area contributed by atoms with Gasteiger partial charge < -0.3 is 14.6 Å². The number of hydrogen-bond donors (Lipinski definition) is 1. The van der Waals surface area contributed by atoms with Gasteiger partial charge in [0.05, 0.1) is 6.54 Å². The molecule has 1 aromatic heterocycles. The SMILES string of the molecule is CNC(=O)c1cccc(Cn2c(C)cc(OCc3ccc(F)cc3F)c(Br)c2=O)c1. The van der Waals surface area contributed by atoms with E-state index in [0.717, 1.165) is 17.7 Å². The molecule has 0 saturated carbocycles. The minimum Gasteiger partial charge on any atom is -0.487 e. The van der Waals surface area contributed by atoms with Crippen LogP contribution in [0.5, 0.6) is 5.75 Å². The van der Waals surface area contributed by atoms with Crippen molar-refractivity contribution in [2.75, 3.05) is 7.05 Å². The molecule has 0 saturated heterocycles. The molecule has 0 aliphatic rings. The average Bonchev–Trinajstić information content (AvgIpc) is 2.73. The first-order valence-corrected chi connectivity index (χ1v) is 9.87. The third kappa shape index (κ3) is 4.76. The number of aryl methyl sites for hydroxylation is 1. The second-order valence-corrected chi connectivity index (χ2v) is 7.45. The summed E-state index contributed by atoms with van der Waals surface area (Å²) in [6.07, 6.45) is 0. The predicted molar refractivity (Wildman–Crippen MR) is 113 cm³/mol. The molecule has 1 heterocycles. The Kier molecular flexibility index (Phi) is 6.66. The average molecular weight is 477 g/mol. The number of rotatable bonds is 6. The molecule has 5 nitrogen and oxygen atoms in total. The van der Waals surface area contributed by atoms with Gasteiger partial charge in [0.1, 0.15) is 28.5 Å². The van der Waals surface area contributed by atoms with Gasteiger partial charge in [0.2, 0.25) is 0 Å². The summed E-state index contributed by atoms with van der Waals surface area (Å²) in [5.74, 6) is -1.33. The summed E-state index contributed by atoms with van der Waals surface area (Å²) < 4.78 is 34.2. The molecule has 0 aliphatic heterocycles. The summed E-state index contributed by atoms with van der Waals surface area (Å²) in [4.78, 5) is 24.7. The highest BCUT2D eigenvalue weighted by molar-refractivity contribution is 9.10. The Hall–Kier alpha value is -3.00. The van der Waals surface area contributed by atoms with Gasteiger partial charge in [0, 0.05) is 36.0 Å². The molecule has 156 valence electrons. The maximum absolute atomic E-state index is 13.8. The lowest BCUT2D eigenvalue weighted by molar-refractivity contribution is 0.0963. The molecule has 3 rings (SSSR count). The van der Waals surface area contributed by atoms with E-state index in [-0.39, 0.29) is 40.4 Å². The molecular weight excluding hydrogens is 458 g/mol. The summed E-state index contributed by atoms with van der Waals surface area (Å²) >= 11 is 3.25. The van der Waals surface area contributed by atoms with E-state index in [9.17, 15) is 18.4 Å². The van der Waals surface area contributed by atoms with Crippen LogP contribution in [0.4, 0.5) is 8.78 Å². The van der Waals surface area contributed by atoms with Crippen LogP contribution in [0, 0.1) is 18.6 Å². The Morgan fingerprint density at radius 2 is 1.93 bits per heavy atom. The maximum Gasteiger partial charge on any atom is 0.269 e. The molecule has 0 fully saturated rings. The molecule has 0 bridgehead atoms. The van der Waals surface area contributed by atoms with Crippen molar-refractivity contribution in [3.63, 3.8) is 0 Å². The van der Waals surface area contributed by atoms with E-state index in [1.807, 2.05) is 6.07 Å². The normalized spacial score (nSPS) is 10.7. The zero-order valence-electron chi connectivity index (χ0n) is 16.3. The first kappa shape index (κ1) is 21.7. The molecule has 0 unspecified atom stereocenters. The number of hydrogen-bond acceptors (Lipinski definition) is 3. The van der Waals surface area contributed by atoms with Gasteiger partial charge in [-0.25, -0.2) is 8.78 Å². The molecule has 2 aromatic carbocycles. The summed E-state index contributed by atoms with van der Waals surface area (Å²) in [7, 11) is 1.55. The molecule has 1 amide bonds. The standard InChI is InChI=1S/C22H19BrF2N2O3/c1-13-8-19(30-12-16-6-7-17(24)10-18(16)25)20(23)22(29)27(13)11-14-4-3-5-15(9-14)21(28)26-2/h3-10H,11-12H2,1-2H3,(H,26,28). The van der Waals surface area contributed by atoms with Crippen LogP contribution >= 0.6 is 15.9 Å². The highest BCUT2D eigenvalue weighted by Gasteiger charge is 2.14. The third-order valence-corrected chi connectivity index (χ3v) is 5.30. The zero-order chi connectivity index (χ0) is 21.8. The maximum atomic E-state index is 13.8. The number of aromatic nitrogens is 1. The number of benzene rings is 2. The highest BCUT2D eigenvalue weighted by atomic mass is 79.9. The van der Waals surface area contributed by atoms with Crippen molar-refractivity contribution in [1.82, 2.24) is 9.88 Å². The van der Waals surface area contributed by atoms with E-state index in [4.69, 9.17) is 4.74 Å². The second kappa shape index (κ2) is 9.21. The molecule has 1 N–H and O–H groups in total. The number of carbonyl (C=O) groups is 1. The summed E-state index contributed by atoms with van der Waals surface area (Å²) in [5, 5.41) is 2.57. The Morgan fingerprint density at radius 3 is 2.63 bits per heavy atom. The summed E-state index contributed by atoms with van der Waals surface area (Å²) in [6.45, 7) is 1.87. The van der Waals surface area contributed by atoms with Gasteiger partial charge in [-0.05, 0) is 52.7 Å². The fourth-order valence-electron chi connectivity index (χ4n) is 2.95. The van der Waals surface area contributed by atoms with Crippen LogP contribution in [0.1, 0.15) is 27.2 Å². The molecule has 8 heteroatoms. The van der Waals surface area contributed by atoms with Gasteiger partial charge in [0.25, 0.3) is 11.5 Å². The lowest BCUT2D eigenvalue weighted by atomic mass is 10.1. The zero-order valence-corrected chi connectivity index (χ0v) is 17.9. The lowest BCUT2D eigenvalue weighted by Crippen LogP contribution is -2.24. The quantitative estimate of drug-likeness (QED) is 0.580. The van der Waals surface area contributed by atoms with E-state index in [2.05, 4.69) is 21.2 Å². The first-order chi connectivity index (χ1) is 14.3. The van der Waals surface area contributed by atoms with Crippen LogP contribution < -0.4 is 15.6 Å². The monoisotopic (exact) mass is 476 g/mol. The topological polar surface area (TPSA) is 60.3 Å². The van der Waals surface area contributed by atoms with Crippen molar-refractivity contribution in [2.45, 2.75) is 20.1 Å². The fraction of sp³-hybridized carbons (Fsp3) is 0.182. The Bertz CT molecular complexity index is 1160. The number of halogens is 3. The molecular formula is C22H19BrF2N2O3. The summed E-state index contributed by atoms with van der Waals surface area (Å²) in [6, 6.07) is 11.9. The number of nitrogens with one attached hydrogen (secondary N) is 1. The van der Waals surface area contributed by atoms with E-state index in [1.165, 1.54) is 6.07 Å². The molecule has 30 heavy (non-hydrogen) atoms. The van der Waals surface area contributed by atoms with Gasteiger partial charge in [-0.1, -0.05) is 12.1 Å². The van der Waals surface area contributed by atoms with E-state index in [1.54, 1.807) is 42.8 Å². The van der Waals surface area contributed by atoms with Crippen LogP contribution in [0.15, 0.2) is 57.8 Å². The second-order valence-electron chi connectivity index (χ2n) is 6.66. The smallest absolute Gasteiger partial charge is 0.269 e. The van der Waals surface area contributed by atoms with Gasteiger partial charge in [-0.2, -0.15) is 0 Å². The van der Waals surface area contributed by atoms with Crippen molar-refractivity contribution >= 4 is 21.8 Å². The highest BCUT2D eigenvalue weighted by Crippen LogP contribution is 2.24. The molecule has 3 aromatic rings. The van der Waals surface area contributed by atoms with Crippen molar-refractivity contribution in [1.29, 1.82) is 0 Å². The van der Waals surface area contributed by atoms with Crippen molar-refractivity contribution in [3.8, 4) is 5.75 Å². The number of carbonyl (C=O) groups excluding carboxylic acids is 1. The van der Waals surface area contributed by atoms with Gasteiger partial charge in [0.15, 0.2) is 0 Å². The van der Waals surface area contributed by atoms with Crippen LogP contribution in [0.25, 0.3) is 0 Å². The number of amides is 1. The Labute approximate surface area is 180 Å². The van der Waals surface area contributed by atoms with Crippen molar-refractivity contribution < 1.29 is 18.3 Å². The number of pyridine rings is 1. The minimum absolute atomic E-state index is 0.151. The number of ether oxygens (including phenoxy) is 1. The van der Waals surface area contributed by atoms with E-state index >= 15 is 0 Å². The number of nitrogens with zero attached hydrogens (tertiary/aromatic N) is 1. The van der Waals surface area contributed by atoms with Crippen LogP contribution in [-0.4, -0.2) is 17.5 Å². The minimum atomic E-state index is -0.716. The molecule has 0 atom stereocenters. The lowest BCUT2D eigenvalue weighted by Gasteiger charge is -2.15. The Morgan fingerprint density at radius 1 is 1.17 bits per heavy atom. The van der Waals surface area contributed by atoms with E-state index in [0.29, 0.717) is 11.3 Å². The van der Waals surface area contributed by atoms with Crippen LogP contribution in [0.3, 0.4) is 0 Å². The third-order valence-electron chi connectivity index (χ3n) is 4.57. The molecule has 0 spiro atoms. The largest absolute Gasteiger partial charge is 0.487 e. The van der Waals surface area contributed by atoms with Gasteiger partial charge in [-0.3, -0.25) is 9.59 Å². The van der Waals surface area contributed by atoms with E-state index < -0.39 is 11.6 Å². The Balaban J connectivity index is 1.84. The molecule has 0 radical (unpaired) electrons. The predicted octanol–water partition coefficient (Wildman–Crippen LogP) is 4.18. The van der Waals surface area contributed by atoms with Crippen LogP contribution in [-0.2, 0) is 13.2 Å². The van der Waals surface area contributed by atoms with Crippen molar-refractivity contribution in [2.24, 2.45) is 0 Å².